The summed E-state index contributed by atoms with van der Waals surface area (Å²) in [5, 5.41) is 20.6. The monoisotopic (exact) mass is 300 g/mol. The highest BCUT2D eigenvalue weighted by molar-refractivity contribution is 6.30. The van der Waals surface area contributed by atoms with Crippen LogP contribution in [0.1, 0.15) is 12.0 Å². The van der Waals surface area contributed by atoms with Crippen LogP contribution in [0, 0.1) is 0 Å². The smallest absolute Gasteiger partial charge is 0.326 e. The molecule has 20 heavy (non-hydrogen) atoms. The maximum absolute atomic E-state index is 11.8. The molecular weight excluding hydrogens is 284 g/mol. The quantitative estimate of drug-likeness (QED) is 0.739. The Kier molecular flexibility index (Phi) is 6.27. The van der Waals surface area contributed by atoms with E-state index >= 15 is 0 Å². The zero-order valence-electron chi connectivity index (χ0n) is 11.0. The first-order chi connectivity index (χ1) is 9.43. The van der Waals surface area contributed by atoms with E-state index in [-0.39, 0.29) is 13.0 Å². The van der Waals surface area contributed by atoms with E-state index < -0.39 is 18.0 Å². The number of urea groups is 1. The van der Waals surface area contributed by atoms with Gasteiger partial charge in [-0.05, 0) is 17.7 Å². The SMILES string of the molecule is CN(Cc1ccc(Cl)cc1)C(=O)NC(CCO)C(=O)O. The maximum atomic E-state index is 11.8. The van der Waals surface area contributed by atoms with Crippen molar-refractivity contribution in [3.05, 3.63) is 34.9 Å². The fourth-order valence-corrected chi connectivity index (χ4v) is 1.71. The summed E-state index contributed by atoms with van der Waals surface area (Å²) in [5.74, 6) is -1.17. The van der Waals surface area contributed by atoms with Gasteiger partial charge in [-0.3, -0.25) is 0 Å². The standard InChI is InChI=1S/C13H17ClN2O4/c1-16(8-9-2-4-10(14)5-3-9)13(20)15-11(6-7-17)12(18)19/h2-5,11,17H,6-8H2,1H3,(H,15,20)(H,18,19). The first-order valence-electron chi connectivity index (χ1n) is 6.03. The number of amides is 2. The minimum absolute atomic E-state index is 0.0319. The molecule has 1 rings (SSSR count). The van der Waals surface area contributed by atoms with Crippen LogP contribution in [-0.2, 0) is 11.3 Å². The second-order valence-electron chi connectivity index (χ2n) is 4.34. The van der Waals surface area contributed by atoms with Crippen molar-refractivity contribution in [2.24, 2.45) is 0 Å². The van der Waals surface area contributed by atoms with Gasteiger partial charge in [-0.15, -0.1) is 0 Å². The molecule has 0 bridgehead atoms. The number of halogens is 1. The lowest BCUT2D eigenvalue weighted by atomic mass is 10.2. The van der Waals surface area contributed by atoms with E-state index in [9.17, 15) is 9.59 Å². The molecule has 1 unspecified atom stereocenters. The van der Waals surface area contributed by atoms with Crippen molar-refractivity contribution in [1.29, 1.82) is 0 Å². The van der Waals surface area contributed by atoms with Crippen LogP contribution < -0.4 is 5.32 Å². The fraction of sp³-hybridized carbons (Fsp3) is 0.385. The average Bonchev–Trinajstić information content (AvgIpc) is 2.40. The summed E-state index contributed by atoms with van der Waals surface area (Å²) in [6.07, 6.45) is -0.0319. The van der Waals surface area contributed by atoms with Crippen molar-refractivity contribution < 1.29 is 19.8 Å². The second-order valence-corrected chi connectivity index (χ2v) is 4.77. The highest BCUT2D eigenvalue weighted by Gasteiger charge is 2.21. The van der Waals surface area contributed by atoms with Crippen LogP contribution in [0.5, 0.6) is 0 Å². The van der Waals surface area contributed by atoms with Gasteiger partial charge in [0, 0.05) is 31.6 Å². The molecule has 1 atom stereocenters. The minimum Gasteiger partial charge on any atom is -0.480 e. The second kappa shape index (κ2) is 7.72. The van der Waals surface area contributed by atoms with E-state index in [2.05, 4.69) is 5.32 Å². The molecule has 0 spiro atoms. The summed E-state index contributed by atoms with van der Waals surface area (Å²) >= 11 is 5.77. The number of rotatable bonds is 6. The molecule has 3 N–H and O–H groups in total. The van der Waals surface area contributed by atoms with Crippen LogP contribution in [0.4, 0.5) is 4.79 Å². The topological polar surface area (TPSA) is 89.9 Å². The van der Waals surface area contributed by atoms with E-state index in [4.69, 9.17) is 21.8 Å². The van der Waals surface area contributed by atoms with Gasteiger partial charge in [0.1, 0.15) is 6.04 Å². The summed E-state index contributed by atoms with van der Waals surface area (Å²) < 4.78 is 0. The van der Waals surface area contributed by atoms with Crippen LogP contribution in [0.15, 0.2) is 24.3 Å². The van der Waals surface area contributed by atoms with E-state index in [0.29, 0.717) is 11.6 Å². The molecule has 0 aromatic heterocycles. The largest absolute Gasteiger partial charge is 0.480 e. The number of benzene rings is 1. The summed E-state index contributed by atoms with van der Waals surface area (Å²) in [6.45, 7) is 0.0204. The molecule has 0 fully saturated rings. The van der Waals surface area contributed by atoms with Crippen molar-refractivity contribution in [3.8, 4) is 0 Å². The third-order valence-electron chi connectivity index (χ3n) is 2.69. The summed E-state index contributed by atoms with van der Waals surface area (Å²) in [6, 6.07) is 5.40. The molecule has 0 saturated carbocycles. The van der Waals surface area contributed by atoms with Crippen LogP contribution >= 0.6 is 11.6 Å². The molecule has 0 heterocycles. The van der Waals surface area contributed by atoms with Gasteiger partial charge in [-0.1, -0.05) is 23.7 Å². The van der Waals surface area contributed by atoms with Gasteiger partial charge in [0.15, 0.2) is 0 Å². The van der Waals surface area contributed by atoms with Crippen molar-refractivity contribution in [2.75, 3.05) is 13.7 Å². The van der Waals surface area contributed by atoms with Gasteiger partial charge in [0.05, 0.1) is 0 Å². The van der Waals surface area contributed by atoms with E-state index in [1.54, 1.807) is 31.3 Å². The van der Waals surface area contributed by atoms with Crippen molar-refractivity contribution in [2.45, 2.75) is 19.0 Å². The Morgan fingerprint density at radius 3 is 2.45 bits per heavy atom. The predicted molar refractivity (Wildman–Crippen MR) is 74.6 cm³/mol. The van der Waals surface area contributed by atoms with Crippen LogP contribution in [0.25, 0.3) is 0 Å². The van der Waals surface area contributed by atoms with Gasteiger partial charge in [-0.25, -0.2) is 9.59 Å². The Bertz CT molecular complexity index is 464. The van der Waals surface area contributed by atoms with Crippen LogP contribution in [-0.4, -0.2) is 46.8 Å². The fourth-order valence-electron chi connectivity index (χ4n) is 1.58. The van der Waals surface area contributed by atoms with E-state index in [0.717, 1.165) is 5.56 Å². The number of carboxylic acid groups (broad SMARTS) is 1. The number of carboxylic acids is 1. The van der Waals surface area contributed by atoms with Gasteiger partial charge in [0.2, 0.25) is 0 Å². The Balaban J connectivity index is 2.57. The van der Waals surface area contributed by atoms with Gasteiger partial charge in [-0.2, -0.15) is 0 Å². The number of hydrogen-bond acceptors (Lipinski definition) is 3. The number of carbonyl (C=O) groups excluding carboxylic acids is 1. The molecule has 1 aromatic rings. The van der Waals surface area contributed by atoms with Gasteiger partial charge >= 0.3 is 12.0 Å². The number of aliphatic carboxylic acids is 1. The number of carbonyl (C=O) groups is 2. The first kappa shape index (κ1) is 16.3. The van der Waals surface area contributed by atoms with Crippen molar-refractivity contribution >= 4 is 23.6 Å². The molecule has 0 aliphatic rings. The lowest BCUT2D eigenvalue weighted by Crippen LogP contribution is -2.46. The average molecular weight is 301 g/mol. The van der Waals surface area contributed by atoms with E-state index in [1.807, 2.05) is 0 Å². The Hall–Kier alpha value is -1.79. The van der Waals surface area contributed by atoms with Crippen LogP contribution in [0.3, 0.4) is 0 Å². The third-order valence-corrected chi connectivity index (χ3v) is 2.95. The molecule has 0 aliphatic carbocycles. The molecular formula is C13H17ClN2O4. The molecule has 2 amide bonds. The molecule has 0 aliphatic heterocycles. The third kappa shape index (κ3) is 5.07. The number of aliphatic hydroxyl groups is 1. The summed E-state index contributed by atoms with van der Waals surface area (Å²) in [4.78, 5) is 24.1. The molecule has 1 aromatic carbocycles. The number of nitrogens with zero attached hydrogens (tertiary/aromatic N) is 1. The van der Waals surface area contributed by atoms with Gasteiger partial charge in [0.25, 0.3) is 0 Å². The van der Waals surface area contributed by atoms with Crippen molar-refractivity contribution in [3.63, 3.8) is 0 Å². The maximum Gasteiger partial charge on any atom is 0.326 e. The van der Waals surface area contributed by atoms with Crippen LogP contribution in [0.2, 0.25) is 5.02 Å². The highest BCUT2D eigenvalue weighted by Crippen LogP contribution is 2.11. The number of aliphatic hydroxyl groups excluding tert-OH is 1. The zero-order chi connectivity index (χ0) is 15.1. The minimum atomic E-state index is -1.17. The summed E-state index contributed by atoms with van der Waals surface area (Å²) in [5.41, 5.74) is 0.876. The first-order valence-corrected chi connectivity index (χ1v) is 6.41. The normalized spacial score (nSPS) is 11.8. The Labute approximate surface area is 122 Å². The Morgan fingerprint density at radius 2 is 1.95 bits per heavy atom. The zero-order valence-corrected chi connectivity index (χ0v) is 11.8. The number of hydrogen-bond donors (Lipinski definition) is 3. The van der Waals surface area contributed by atoms with Crippen molar-refractivity contribution in [1.82, 2.24) is 10.2 Å². The molecule has 0 saturated heterocycles. The summed E-state index contributed by atoms with van der Waals surface area (Å²) in [7, 11) is 1.56. The Morgan fingerprint density at radius 1 is 1.35 bits per heavy atom. The van der Waals surface area contributed by atoms with Gasteiger partial charge < -0.3 is 20.4 Å². The number of nitrogens with one attached hydrogen (secondary N) is 1. The molecule has 0 radical (unpaired) electrons. The lowest BCUT2D eigenvalue weighted by molar-refractivity contribution is -0.139. The molecule has 7 heteroatoms. The molecule has 6 nitrogen and oxygen atoms in total. The lowest BCUT2D eigenvalue weighted by Gasteiger charge is -2.21. The molecule has 110 valence electrons. The highest BCUT2D eigenvalue weighted by atomic mass is 35.5. The van der Waals surface area contributed by atoms with E-state index in [1.165, 1.54) is 4.90 Å². The predicted octanol–water partition coefficient (Wildman–Crippen LogP) is 1.32.